The number of amides is 2. The molecule has 0 aromatic heterocycles. The zero-order valence-corrected chi connectivity index (χ0v) is 23.6. The van der Waals surface area contributed by atoms with Gasteiger partial charge in [-0.2, -0.15) is 0 Å². The predicted octanol–water partition coefficient (Wildman–Crippen LogP) is 4.14. The third-order valence-corrected chi connectivity index (χ3v) is 8.98. The van der Waals surface area contributed by atoms with Crippen molar-refractivity contribution in [1.29, 1.82) is 0 Å². The van der Waals surface area contributed by atoms with E-state index in [0.717, 1.165) is 36.0 Å². The molecule has 2 aromatic carbocycles. The molecule has 8 heteroatoms. The SMILES string of the molecule is CCc1cccc(-c2c(Cl)cccc2[C@](O)(CCCCC(N)=O)[C@@H]2CCCN(C(=O)[C@H]3C[C@@H](N)[C@@H](O)C3)C2)c1. The lowest BCUT2D eigenvalue weighted by atomic mass is 9.71. The van der Waals surface area contributed by atoms with Crippen molar-refractivity contribution in [1.82, 2.24) is 4.90 Å². The monoisotopic (exact) mass is 555 g/mol. The van der Waals surface area contributed by atoms with E-state index in [2.05, 4.69) is 19.1 Å². The van der Waals surface area contributed by atoms with Gasteiger partial charge in [-0.3, -0.25) is 9.59 Å². The van der Waals surface area contributed by atoms with E-state index in [0.29, 0.717) is 50.2 Å². The molecule has 4 rings (SSSR count). The minimum Gasteiger partial charge on any atom is -0.391 e. The lowest BCUT2D eigenvalue weighted by molar-refractivity contribution is -0.141. The van der Waals surface area contributed by atoms with Gasteiger partial charge >= 0.3 is 0 Å². The summed E-state index contributed by atoms with van der Waals surface area (Å²) in [7, 11) is 0. The number of benzene rings is 2. The number of rotatable bonds is 10. The number of hydrogen-bond donors (Lipinski definition) is 4. The number of primary amides is 1. The maximum absolute atomic E-state index is 13.5. The lowest BCUT2D eigenvalue weighted by Gasteiger charge is -2.44. The van der Waals surface area contributed by atoms with Crippen LogP contribution in [0.15, 0.2) is 42.5 Å². The van der Waals surface area contributed by atoms with Crippen LogP contribution in [0.2, 0.25) is 5.02 Å². The summed E-state index contributed by atoms with van der Waals surface area (Å²) in [6.45, 7) is 3.13. The van der Waals surface area contributed by atoms with E-state index in [1.165, 1.54) is 5.56 Å². The normalized spacial score (nSPS) is 24.9. The Labute approximate surface area is 236 Å². The second-order valence-corrected chi connectivity index (χ2v) is 11.7. The first kappa shape index (κ1) is 29.5. The van der Waals surface area contributed by atoms with Crippen LogP contribution in [0.1, 0.15) is 69.4 Å². The minimum absolute atomic E-state index is 0.00439. The molecule has 2 aromatic rings. The highest BCUT2D eigenvalue weighted by atomic mass is 35.5. The number of hydrogen-bond acceptors (Lipinski definition) is 5. The van der Waals surface area contributed by atoms with Crippen LogP contribution in [-0.2, 0) is 21.6 Å². The van der Waals surface area contributed by atoms with E-state index in [9.17, 15) is 19.8 Å². The summed E-state index contributed by atoms with van der Waals surface area (Å²) in [5.74, 6) is -0.874. The molecule has 5 atom stereocenters. The number of aryl methyl sites for hydroxylation is 1. The molecule has 2 fully saturated rings. The van der Waals surface area contributed by atoms with Crippen molar-refractivity contribution in [2.45, 2.75) is 82.5 Å². The van der Waals surface area contributed by atoms with E-state index < -0.39 is 11.7 Å². The molecule has 1 saturated heterocycles. The smallest absolute Gasteiger partial charge is 0.225 e. The van der Waals surface area contributed by atoms with Crippen molar-refractivity contribution < 1.29 is 19.8 Å². The number of aliphatic hydroxyl groups is 2. The third-order valence-electron chi connectivity index (χ3n) is 8.67. The second kappa shape index (κ2) is 12.8. The molecule has 0 spiro atoms. The molecule has 7 nitrogen and oxygen atoms in total. The first-order valence-corrected chi connectivity index (χ1v) is 14.6. The van der Waals surface area contributed by atoms with Gasteiger partial charge in [-0.1, -0.05) is 54.9 Å². The molecule has 1 aliphatic heterocycles. The molecule has 39 heavy (non-hydrogen) atoms. The number of nitrogens with two attached hydrogens (primary N) is 2. The number of nitrogens with zero attached hydrogens (tertiary/aromatic N) is 1. The molecule has 0 unspecified atom stereocenters. The van der Waals surface area contributed by atoms with E-state index in [-0.39, 0.29) is 36.1 Å². The lowest BCUT2D eigenvalue weighted by Crippen LogP contribution is -2.49. The van der Waals surface area contributed by atoms with Gasteiger partial charge in [0, 0.05) is 48.0 Å². The fraction of sp³-hybridized carbons (Fsp3) is 0.548. The van der Waals surface area contributed by atoms with E-state index in [1.54, 1.807) is 0 Å². The summed E-state index contributed by atoms with van der Waals surface area (Å²) >= 11 is 6.83. The molecule has 2 amide bonds. The number of carbonyl (C=O) groups excluding carboxylic acids is 2. The van der Waals surface area contributed by atoms with Crippen LogP contribution >= 0.6 is 11.6 Å². The molecular formula is C31H42ClN3O4. The van der Waals surface area contributed by atoms with Crippen molar-refractivity contribution >= 4 is 23.4 Å². The van der Waals surface area contributed by atoms with Gasteiger partial charge in [-0.05, 0) is 74.1 Å². The van der Waals surface area contributed by atoms with E-state index in [1.807, 2.05) is 35.2 Å². The maximum atomic E-state index is 13.5. The Morgan fingerprint density at radius 1 is 1.15 bits per heavy atom. The van der Waals surface area contributed by atoms with Crippen molar-refractivity contribution in [2.24, 2.45) is 23.3 Å². The topological polar surface area (TPSA) is 130 Å². The first-order chi connectivity index (χ1) is 18.6. The van der Waals surface area contributed by atoms with Gasteiger partial charge in [0.2, 0.25) is 11.8 Å². The summed E-state index contributed by atoms with van der Waals surface area (Å²) < 4.78 is 0. The summed E-state index contributed by atoms with van der Waals surface area (Å²) in [5.41, 5.74) is 13.8. The van der Waals surface area contributed by atoms with Crippen molar-refractivity contribution in [2.75, 3.05) is 13.1 Å². The molecule has 0 radical (unpaired) electrons. The average Bonchev–Trinajstić information content (AvgIpc) is 3.28. The number of halogens is 1. The van der Waals surface area contributed by atoms with Gasteiger partial charge in [0.15, 0.2) is 0 Å². The van der Waals surface area contributed by atoms with Gasteiger partial charge < -0.3 is 26.6 Å². The van der Waals surface area contributed by atoms with Crippen LogP contribution < -0.4 is 11.5 Å². The number of piperidine rings is 1. The number of unbranched alkanes of at least 4 members (excludes halogenated alkanes) is 1. The third kappa shape index (κ3) is 6.65. The van der Waals surface area contributed by atoms with Crippen LogP contribution in [0.25, 0.3) is 11.1 Å². The summed E-state index contributed by atoms with van der Waals surface area (Å²) in [6.07, 6.45) is 4.46. The Morgan fingerprint density at radius 3 is 2.62 bits per heavy atom. The molecule has 212 valence electrons. The highest BCUT2D eigenvalue weighted by molar-refractivity contribution is 6.33. The number of likely N-dealkylation sites (tertiary alicyclic amines) is 1. The Bertz CT molecular complexity index is 1160. The molecule has 1 heterocycles. The molecule has 2 aliphatic rings. The summed E-state index contributed by atoms with van der Waals surface area (Å²) in [5, 5.41) is 23.3. The zero-order valence-electron chi connectivity index (χ0n) is 22.8. The average molecular weight is 556 g/mol. The predicted molar refractivity (Wildman–Crippen MR) is 154 cm³/mol. The van der Waals surface area contributed by atoms with Crippen LogP contribution in [0.4, 0.5) is 0 Å². The minimum atomic E-state index is -1.27. The van der Waals surface area contributed by atoms with Gasteiger partial charge in [0.25, 0.3) is 0 Å². The molecule has 1 aliphatic carbocycles. The molecular weight excluding hydrogens is 514 g/mol. The number of carbonyl (C=O) groups is 2. The van der Waals surface area contributed by atoms with Crippen molar-refractivity contribution in [3.63, 3.8) is 0 Å². The highest BCUT2D eigenvalue weighted by Crippen LogP contribution is 2.46. The van der Waals surface area contributed by atoms with Crippen molar-refractivity contribution in [3.05, 3.63) is 58.6 Å². The van der Waals surface area contributed by atoms with Crippen LogP contribution in [0.5, 0.6) is 0 Å². The Hall–Kier alpha value is -2.45. The van der Waals surface area contributed by atoms with Crippen molar-refractivity contribution in [3.8, 4) is 11.1 Å². The Balaban J connectivity index is 1.69. The fourth-order valence-electron chi connectivity index (χ4n) is 6.45. The van der Waals surface area contributed by atoms with Crippen LogP contribution in [0.3, 0.4) is 0 Å². The summed E-state index contributed by atoms with van der Waals surface area (Å²) in [6, 6.07) is 13.5. The standard InChI is InChI=1S/C31H42ClN3O4/c1-2-20-8-5-9-21(16-20)29-24(11-6-12-25(29)32)31(39,14-4-3-13-28(34)37)23-10-7-15-35(19-23)30(38)22-17-26(33)27(36)18-22/h5-6,8-9,11-12,16,22-23,26-27,36,39H,2-4,7,10,13-15,17-19,33H2,1H3,(H2,34,37)/t22-,23+,26+,27-,31-/m0/s1. The Kier molecular flexibility index (Phi) is 9.70. The molecule has 6 N–H and O–H groups in total. The maximum Gasteiger partial charge on any atom is 0.225 e. The zero-order chi connectivity index (χ0) is 28.2. The van der Waals surface area contributed by atoms with Gasteiger partial charge in [-0.15, -0.1) is 0 Å². The van der Waals surface area contributed by atoms with Gasteiger partial charge in [0.1, 0.15) is 0 Å². The first-order valence-electron chi connectivity index (χ1n) is 14.3. The molecule has 1 saturated carbocycles. The van der Waals surface area contributed by atoms with Crippen LogP contribution in [0, 0.1) is 11.8 Å². The second-order valence-electron chi connectivity index (χ2n) is 11.3. The van der Waals surface area contributed by atoms with Gasteiger partial charge in [-0.25, -0.2) is 0 Å². The summed E-state index contributed by atoms with van der Waals surface area (Å²) in [4.78, 5) is 26.7. The molecule has 0 bridgehead atoms. The Morgan fingerprint density at radius 2 is 1.92 bits per heavy atom. The fourth-order valence-corrected chi connectivity index (χ4v) is 6.74. The van der Waals surface area contributed by atoms with Crippen LogP contribution in [-0.4, -0.2) is 52.2 Å². The largest absolute Gasteiger partial charge is 0.391 e. The van der Waals surface area contributed by atoms with E-state index >= 15 is 0 Å². The quantitative estimate of drug-likeness (QED) is 0.327. The van der Waals surface area contributed by atoms with Gasteiger partial charge in [0.05, 0.1) is 11.7 Å². The highest BCUT2D eigenvalue weighted by Gasteiger charge is 2.44. The van der Waals surface area contributed by atoms with E-state index in [4.69, 9.17) is 23.1 Å². The number of aliphatic hydroxyl groups excluding tert-OH is 1.